The standard InChI is InChI=1S/C18H32N2/c1-8-18(5,6)20(7)17-10-9-15(4)11-16(17)13-19-12-14(2)3/h9-11,14,19H,8,12-13H2,1-7H3. The van der Waals surface area contributed by atoms with Crippen LogP contribution in [0.1, 0.15) is 52.2 Å². The molecule has 0 saturated heterocycles. The highest BCUT2D eigenvalue weighted by molar-refractivity contribution is 5.56. The summed E-state index contributed by atoms with van der Waals surface area (Å²) in [5.74, 6) is 0.688. The lowest BCUT2D eigenvalue weighted by Gasteiger charge is -2.38. The van der Waals surface area contributed by atoms with Crippen LogP contribution in [0.2, 0.25) is 0 Å². The van der Waals surface area contributed by atoms with Crippen molar-refractivity contribution >= 4 is 5.69 Å². The highest BCUT2D eigenvalue weighted by Gasteiger charge is 2.23. The maximum absolute atomic E-state index is 3.57. The van der Waals surface area contributed by atoms with Gasteiger partial charge in [0, 0.05) is 24.8 Å². The maximum atomic E-state index is 3.57. The van der Waals surface area contributed by atoms with E-state index in [9.17, 15) is 0 Å². The first-order valence-corrected chi connectivity index (χ1v) is 7.82. The van der Waals surface area contributed by atoms with E-state index in [1.165, 1.54) is 16.8 Å². The Bertz CT molecular complexity index is 421. The van der Waals surface area contributed by atoms with Crippen LogP contribution < -0.4 is 10.2 Å². The fourth-order valence-electron chi connectivity index (χ4n) is 2.24. The van der Waals surface area contributed by atoms with Crippen LogP contribution in [0, 0.1) is 12.8 Å². The van der Waals surface area contributed by atoms with Crippen LogP contribution in [0.3, 0.4) is 0 Å². The van der Waals surface area contributed by atoms with Gasteiger partial charge in [-0.1, -0.05) is 38.5 Å². The molecule has 0 radical (unpaired) electrons. The zero-order valence-electron chi connectivity index (χ0n) is 14.4. The van der Waals surface area contributed by atoms with Gasteiger partial charge in [-0.25, -0.2) is 0 Å². The van der Waals surface area contributed by atoms with Crippen molar-refractivity contribution in [2.45, 2.75) is 60.0 Å². The van der Waals surface area contributed by atoms with Gasteiger partial charge in [0.25, 0.3) is 0 Å². The van der Waals surface area contributed by atoms with E-state index in [1.807, 2.05) is 0 Å². The van der Waals surface area contributed by atoms with Crippen LogP contribution in [0.4, 0.5) is 5.69 Å². The molecule has 114 valence electrons. The zero-order valence-corrected chi connectivity index (χ0v) is 14.4. The van der Waals surface area contributed by atoms with Gasteiger partial charge >= 0.3 is 0 Å². The predicted molar refractivity (Wildman–Crippen MR) is 90.5 cm³/mol. The summed E-state index contributed by atoms with van der Waals surface area (Å²) in [5.41, 5.74) is 4.26. The van der Waals surface area contributed by atoms with Gasteiger partial charge in [-0.05, 0) is 51.3 Å². The number of aryl methyl sites for hydroxylation is 1. The van der Waals surface area contributed by atoms with Crippen LogP contribution in [0.15, 0.2) is 18.2 Å². The predicted octanol–water partition coefficient (Wildman–Crippen LogP) is 4.37. The van der Waals surface area contributed by atoms with Gasteiger partial charge in [0.15, 0.2) is 0 Å². The molecule has 0 spiro atoms. The molecule has 0 bridgehead atoms. The molecular weight excluding hydrogens is 244 g/mol. The Hall–Kier alpha value is -1.02. The minimum absolute atomic E-state index is 0.183. The van der Waals surface area contributed by atoms with Crippen LogP contribution >= 0.6 is 0 Å². The Morgan fingerprint density at radius 2 is 1.90 bits per heavy atom. The SMILES string of the molecule is CCC(C)(C)N(C)c1ccc(C)cc1CNCC(C)C. The van der Waals surface area contributed by atoms with Crippen molar-refractivity contribution in [3.63, 3.8) is 0 Å². The molecule has 0 atom stereocenters. The van der Waals surface area contributed by atoms with E-state index in [2.05, 4.69) is 77.0 Å². The molecule has 2 heteroatoms. The fourth-order valence-corrected chi connectivity index (χ4v) is 2.24. The van der Waals surface area contributed by atoms with Crippen LogP contribution in [-0.2, 0) is 6.54 Å². The molecule has 0 aliphatic rings. The number of rotatable bonds is 7. The third-order valence-corrected chi connectivity index (χ3v) is 4.24. The average Bonchev–Trinajstić information content (AvgIpc) is 2.37. The van der Waals surface area contributed by atoms with Crippen LogP contribution in [-0.4, -0.2) is 19.1 Å². The third-order valence-electron chi connectivity index (χ3n) is 4.24. The quantitative estimate of drug-likeness (QED) is 0.795. The van der Waals surface area contributed by atoms with E-state index in [0.29, 0.717) is 5.92 Å². The van der Waals surface area contributed by atoms with E-state index in [-0.39, 0.29) is 5.54 Å². The van der Waals surface area contributed by atoms with Gasteiger partial charge in [-0.15, -0.1) is 0 Å². The van der Waals surface area contributed by atoms with E-state index in [1.54, 1.807) is 0 Å². The first-order chi connectivity index (χ1) is 9.27. The lowest BCUT2D eigenvalue weighted by molar-refractivity contribution is 0.468. The largest absolute Gasteiger partial charge is 0.369 e. The summed E-state index contributed by atoms with van der Waals surface area (Å²) in [4.78, 5) is 2.42. The molecular formula is C18H32N2. The zero-order chi connectivity index (χ0) is 15.3. The Kier molecular flexibility index (Phi) is 6.07. The summed E-state index contributed by atoms with van der Waals surface area (Å²) in [6, 6.07) is 6.79. The van der Waals surface area contributed by atoms with E-state index >= 15 is 0 Å². The van der Waals surface area contributed by atoms with Gasteiger partial charge in [0.1, 0.15) is 0 Å². The minimum Gasteiger partial charge on any atom is -0.369 e. The van der Waals surface area contributed by atoms with Crippen LogP contribution in [0.5, 0.6) is 0 Å². The smallest absolute Gasteiger partial charge is 0.0413 e. The Morgan fingerprint density at radius 3 is 2.45 bits per heavy atom. The molecule has 0 amide bonds. The summed E-state index contributed by atoms with van der Waals surface area (Å²) in [6.45, 7) is 15.5. The first-order valence-electron chi connectivity index (χ1n) is 7.82. The van der Waals surface area contributed by atoms with Crippen molar-refractivity contribution in [1.29, 1.82) is 0 Å². The molecule has 0 fully saturated rings. The topological polar surface area (TPSA) is 15.3 Å². The van der Waals surface area contributed by atoms with Crippen molar-refractivity contribution in [2.75, 3.05) is 18.5 Å². The van der Waals surface area contributed by atoms with Crippen molar-refractivity contribution in [3.05, 3.63) is 29.3 Å². The number of anilines is 1. The molecule has 0 saturated carbocycles. The summed E-state index contributed by atoms with van der Waals surface area (Å²) in [6.07, 6.45) is 1.14. The second-order valence-corrected chi connectivity index (χ2v) is 6.88. The number of hydrogen-bond acceptors (Lipinski definition) is 2. The molecule has 0 aromatic heterocycles. The molecule has 0 aliphatic carbocycles. The van der Waals surface area contributed by atoms with E-state index < -0.39 is 0 Å². The van der Waals surface area contributed by atoms with E-state index in [0.717, 1.165) is 19.5 Å². The molecule has 1 aromatic rings. The summed E-state index contributed by atoms with van der Waals surface area (Å²) in [7, 11) is 2.21. The second-order valence-electron chi connectivity index (χ2n) is 6.88. The lowest BCUT2D eigenvalue weighted by Crippen LogP contribution is -2.41. The Labute approximate surface area is 125 Å². The van der Waals surface area contributed by atoms with Gasteiger partial charge in [0.05, 0.1) is 0 Å². The highest BCUT2D eigenvalue weighted by Crippen LogP contribution is 2.28. The van der Waals surface area contributed by atoms with Gasteiger partial charge in [-0.2, -0.15) is 0 Å². The summed E-state index contributed by atoms with van der Waals surface area (Å²) >= 11 is 0. The van der Waals surface area contributed by atoms with Crippen molar-refractivity contribution in [3.8, 4) is 0 Å². The molecule has 1 rings (SSSR count). The third kappa shape index (κ3) is 4.52. The average molecular weight is 276 g/mol. The Morgan fingerprint density at radius 1 is 1.25 bits per heavy atom. The summed E-state index contributed by atoms with van der Waals surface area (Å²) in [5, 5.41) is 3.57. The molecule has 1 aromatic carbocycles. The maximum Gasteiger partial charge on any atom is 0.0413 e. The molecule has 0 aliphatic heterocycles. The minimum atomic E-state index is 0.183. The van der Waals surface area contributed by atoms with Crippen molar-refractivity contribution < 1.29 is 0 Å². The van der Waals surface area contributed by atoms with Gasteiger partial charge < -0.3 is 10.2 Å². The number of nitrogens with one attached hydrogen (secondary N) is 1. The second kappa shape index (κ2) is 7.12. The van der Waals surface area contributed by atoms with Crippen molar-refractivity contribution in [1.82, 2.24) is 5.32 Å². The fraction of sp³-hybridized carbons (Fsp3) is 0.667. The molecule has 0 unspecified atom stereocenters. The Balaban J connectivity index is 2.95. The van der Waals surface area contributed by atoms with Crippen LogP contribution in [0.25, 0.3) is 0 Å². The molecule has 20 heavy (non-hydrogen) atoms. The normalized spacial score (nSPS) is 12.0. The number of hydrogen-bond donors (Lipinski definition) is 1. The van der Waals surface area contributed by atoms with Gasteiger partial charge in [-0.3, -0.25) is 0 Å². The molecule has 1 N–H and O–H groups in total. The van der Waals surface area contributed by atoms with E-state index in [4.69, 9.17) is 0 Å². The van der Waals surface area contributed by atoms with Crippen molar-refractivity contribution in [2.24, 2.45) is 5.92 Å². The number of benzene rings is 1. The van der Waals surface area contributed by atoms with Gasteiger partial charge in [0.2, 0.25) is 0 Å². The lowest BCUT2D eigenvalue weighted by atomic mass is 9.97. The number of nitrogens with zero attached hydrogens (tertiary/aromatic N) is 1. The highest BCUT2D eigenvalue weighted by atomic mass is 15.2. The monoisotopic (exact) mass is 276 g/mol. The molecule has 0 heterocycles. The summed E-state index contributed by atoms with van der Waals surface area (Å²) < 4.78 is 0. The first kappa shape index (κ1) is 17.0. The molecule has 2 nitrogen and oxygen atoms in total.